The van der Waals surface area contributed by atoms with Crippen LogP contribution in [0.1, 0.15) is 38.2 Å². The molecule has 1 aromatic carbocycles. The van der Waals surface area contributed by atoms with Crippen LogP contribution in [0, 0.1) is 17.7 Å². The molecule has 1 aliphatic carbocycles. The highest BCUT2D eigenvalue weighted by Crippen LogP contribution is 2.47. The average Bonchev–Trinajstić information content (AvgIpc) is 3.17. The number of hydrogen-bond donors (Lipinski definition) is 2. The Labute approximate surface area is 119 Å². The number of carbonyl (C=O) groups excluding carboxylic acids is 1. The molecule has 1 aliphatic rings. The van der Waals surface area contributed by atoms with E-state index in [9.17, 15) is 14.3 Å². The molecule has 0 spiro atoms. The number of hydrogen-bond acceptors (Lipinski definition) is 2. The molecule has 3 nitrogen and oxygen atoms in total. The molecular weight excluding hydrogens is 257 g/mol. The number of halogens is 1. The summed E-state index contributed by atoms with van der Waals surface area (Å²) >= 11 is 0. The van der Waals surface area contributed by atoms with Crippen LogP contribution >= 0.6 is 0 Å². The number of aliphatic hydroxyl groups excluding tert-OH is 1. The first kappa shape index (κ1) is 15.0. The minimum absolute atomic E-state index is 0.0287. The minimum atomic E-state index is -0.262. The van der Waals surface area contributed by atoms with E-state index in [-0.39, 0.29) is 36.2 Å². The standard InChI is InChI=1S/C16H22FNO2/c1-10(2)6-13(9-19)18-16(20)15-8-14(15)11-4-3-5-12(17)7-11/h3-5,7,10,13-15,19H,6,8-9H2,1-2H3,(H,18,20). The number of rotatable bonds is 6. The van der Waals surface area contributed by atoms with Gasteiger partial charge in [-0.25, -0.2) is 4.39 Å². The number of amides is 1. The van der Waals surface area contributed by atoms with E-state index in [4.69, 9.17) is 0 Å². The van der Waals surface area contributed by atoms with Crippen molar-refractivity contribution in [2.45, 2.75) is 38.6 Å². The number of aliphatic hydroxyl groups is 1. The molecule has 1 amide bonds. The van der Waals surface area contributed by atoms with Gasteiger partial charge in [-0.2, -0.15) is 0 Å². The van der Waals surface area contributed by atoms with E-state index in [2.05, 4.69) is 19.2 Å². The molecule has 110 valence electrons. The molecule has 0 saturated heterocycles. The maximum atomic E-state index is 13.2. The van der Waals surface area contributed by atoms with Crippen molar-refractivity contribution >= 4 is 5.91 Å². The van der Waals surface area contributed by atoms with Gasteiger partial charge in [0.1, 0.15) is 5.82 Å². The lowest BCUT2D eigenvalue weighted by molar-refractivity contribution is -0.123. The Bertz CT molecular complexity index is 475. The van der Waals surface area contributed by atoms with Crippen LogP contribution in [0.4, 0.5) is 4.39 Å². The summed E-state index contributed by atoms with van der Waals surface area (Å²) in [6.07, 6.45) is 1.52. The van der Waals surface area contributed by atoms with Crippen molar-refractivity contribution in [1.82, 2.24) is 5.32 Å². The average molecular weight is 279 g/mol. The van der Waals surface area contributed by atoms with Crippen LogP contribution in [0.5, 0.6) is 0 Å². The Morgan fingerprint density at radius 1 is 1.50 bits per heavy atom. The molecule has 0 radical (unpaired) electrons. The van der Waals surface area contributed by atoms with Gasteiger partial charge in [-0.1, -0.05) is 26.0 Å². The van der Waals surface area contributed by atoms with Crippen LogP contribution in [-0.4, -0.2) is 23.7 Å². The van der Waals surface area contributed by atoms with Crippen molar-refractivity contribution in [1.29, 1.82) is 0 Å². The van der Waals surface area contributed by atoms with Gasteiger partial charge in [0.15, 0.2) is 0 Å². The predicted molar refractivity (Wildman–Crippen MR) is 75.7 cm³/mol. The summed E-state index contributed by atoms with van der Waals surface area (Å²) < 4.78 is 13.2. The Morgan fingerprint density at radius 3 is 2.85 bits per heavy atom. The zero-order chi connectivity index (χ0) is 14.7. The largest absolute Gasteiger partial charge is 0.394 e. The number of nitrogens with one attached hydrogen (secondary N) is 1. The summed E-state index contributed by atoms with van der Waals surface area (Å²) in [7, 11) is 0. The van der Waals surface area contributed by atoms with E-state index in [1.165, 1.54) is 12.1 Å². The fourth-order valence-electron chi connectivity index (χ4n) is 2.65. The summed E-state index contributed by atoms with van der Waals surface area (Å²) in [5.41, 5.74) is 0.884. The van der Waals surface area contributed by atoms with Gasteiger partial charge in [0.05, 0.1) is 12.6 Å². The van der Waals surface area contributed by atoms with Crippen LogP contribution in [-0.2, 0) is 4.79 Å². The smallest absolute Gasteiger partial charge is 0.224 e. The predicted octanol–water partition coefficient (Wildman–Crippen LogP) is 2.45. The van der Waals surface area contributed by atoms with Crippen molar-refractivity contribution < 1.29 is 14.3 Å². The van der Waals surface area contributed by atoms with Gasteiger partial charge >= 0.3 is 0 Å². The first-order valence-corrected chi connectivity index (χ1v) is 7.18. The maximum absolute atomic E-state index is 13.2. The second kappa shape index (κ2) is 6.35. The molecule has 0 heterocycles. The molecule has 20 heavy (non-hydrogen) atoms. The zero-order valence-electron chi connectivity index (χ0n) is 12.0. The van der Waals surface area contributed by atoms with Crippen LogP contribution in [0.15, 0.2) is 24.3 Å². The lowest BCUT2D eigenvalue weighted by Gasteiger charge is -2.18. The van der Waals surface area contributed by atoms with Gasteiger partial charge in [0.25, 0.3) is 0 Å². The summed E-state index contributed by atoms with van der Waals surface area (Å²) in [6.45, 7) is 4.07. The van der Waals surface area contributed by atoms with Crippen LogP contribution in [0.3, 0.4) is 0 Å². The highest BCUT2D eigenvalue weighted by molar-refractivity contribution is 5.83. The van der Waals surface area contributed by atoms with Gasteiger partial charge in [0.2, 0.25) is 5.91 Å². The minimum Gasteiger partial charge on any atom is -0.394 e. The van der Waals surface area contributed by atoms with E-state index < -0.39 is 0 Å². The Hall–Kier alpha value is -1.42. The van der Waals surface area contributed by atoms with Crippen LogP contribution in [0.2, 0.25) is 0 Å². The van der Waals surface area contributed by atoms with Crippen molar-refractivity contribution in [3.8, 4) is 0 Å². The van der Waals surface area contributed by atoms with E-state index in [1.807, 2.05) is 6.07 Å². The molecule has 0 aromatic heterocycles. The fourth-order valence-corrected chi connectivity index (χ4v) is 2.65. The Kier molecular flexibility index (Phi) is 4.76. The van der Waals surface area contributed by atoms with E-state index >= 15 is 0 Å². The molecular formula is C16H22FNO2. The Morgan fingerprint density at radius 2 is 2.25 bits per heavy atom. The third-order valence-corrected chi connectivity index (χ3v) is 3.73. The van der Waals surface area contributed by atoms with Crippen molar-refractivity contribution in [2.24, 2.45) is 11.8 Å². The summed E-state index contributed by atoms with van der Waals surface area (Å²) in [5.74, 6) is 0.160. The van der Waals surface area contributed by atoms with Crippen LogP contribution in [0.25, 0.3) is 0 Å². The molecule has 1 saturated carbocycles. The second-order valence-electron chi connectivity index (χ2n) is 6.02. The molecule has 2 N–H and O–H groups in total. The van der Waals surface area contributed by atoms with Gasteiger partial charge in [0, 0.05) is 5.92 Å². The highest BCUT2D eigenvalue weighted by atomic mass is 19.1. The van der Waals surface area contributed by atoms with Gasteiger partial charge < -0.3 is 10.4 Å². The van der Waals surface area contributed by atoms with E-state index in [0.717, 1.165) is 18.4 Å². The Balaban J connectivity index is 1.89. The quantitative estimate of drug-likeness (QED) is 0.840. The fraction of sp³-hybridized carbons (Fsp3) is 0.562. The highest BCUT2D eigenvalue weighted by Gasteiger charge is 2.44. The molecule has 1 aromatic rings. The second-order valence-corrected chi connectivity index (χ2v) is 6.02. The third-order valence-electron chi connectivity index (χ3n) is 3.73. The first-order valence-electron chi connectivity index (χ1n) is 7.18. The molecule has 1 fully saturated rings. The van der Waals surface area contributed by atoms with Crippen molar-refractivity contribution in [2.75, 3.05) is 6.61 Å². The van der Waals surface area contributed by atoms with E-state index in [1.54, 1.807) is 6.07 Å². The molecule has 3 unspecified atom stereocenters. The van der Waals surface area contributed by atoms with Crippen molar-refractivity contribution in [3.05, 3.63) is 35.6 Å². The van der Waals surface area contributed by atoms with Crippen molar-refractivity contribution in [3.63, 3.8) is 0 Å². The lowest BCUT2D eigenvalue weighted by Crippen LogP contribution is -2.39. The lowest BCUT2D eigenvalue weighted by atomic mass is 10.0. The topological polar surface area (TPSA) is 49.3 Å². The summed E-state index contributed by atoms with van der Waals surface area (Å²) in [5, 5.41) is 12.2. The van der Waals surface area contributed by atoms with E-state index in [0.29, 0.717) is 5.92 Å². The number of carbonyl (C=O) groups is 1. The van der Waals surface area contributed by atoms with Gasteiger partial charge in [-0.05, 0) is 42.4 Å². The first-order chi connectivity index (χ1) is 9.51. The molecule has 3 atom stereocenters. The molecule has 2 rings (SSSR count). The SMILES string of the molecule is CC(C)CC(CO)NC(=O)C1CC1c1cccc(F)c1. The zero-order valence-corrected chi connectivity index (χ0v) is 12.0. The number of benzene rings is 1. The van der Waals surface area contributed by atoms with Gasteiger partial charge in [-0.3, -0.25) is 4.79 Å². The summed E-state index contributed by atoms with van der Waals surface area (Å²) in [4.78, 5) is 12.1. The normalized spacial score (nSPS) is 22.6. The summed E-state index contributed by atoms with van der Waals surface area (Å²) in [6, 6.07) is 6.25. The van der Waals surface area contributed by atoms with Gasteiger partial charge in [-0.15, -0.1) is 0 Å². The third kappa shape index (κ3) is 3.79. The molecule has 0 aliphatic heterocycles. The molecule has 0 bridgehead atoms. The maximum Gasteiger partial charge on any atom is 0.224 e. The monoisotopic (exact) mass is 279 g/mol. The van der Waals surface area contributed by atoms with Crippen LogP contribution < -0.4 is 5.32 Å². The molecule has 4 heteroatoms.